The Hall–Kier alpha value is -1.48. The minimum Gasteiger partial charge on any atom is -0.496 e. The molecule has 0 fully saturated rings. The fourth-order valence-electron chi connectivity index (χ4n) is 2.39. The van der Waals surface area contributed by atoms with Gasteiger partial charge in [-0.05, 0) is 43.2 Å². The van der Waals surface area contributed by atoms with Crippen molar-refractivity contribution in [2.45, 2.75) is 32.7 Å². The van der Waals surface area contributed by atoms with Crippen molar-refractivity contribution in [1.82, 2.24) is 5.32 Å². The van der Waals surface area contributed by atoms with Gasteiger partial charge >= 0.3 is 0 Å². The molecule has 1 heterocycles. The molecular weight excluding hydrogens is 238 g/mol. The average Bonchev–Trinajstić information content (AvgIpc) is 2.93. The molecule has 1 unspecified atom stereocenters. The maximum Gasteiger partial charge on any atom is 0.121 e. The van der Waals surface area contributed by atoms with Crippen LogP contribution in [0.4, 0.5) is 0 Å². The van der Waals surface area contributed by atoms with Crippen molar-refractivity contribution < 1.29 is 9.47 Å². The molecule has 0 aromatic heterocycles. The minimum atomic E-state index is 0.159. The predicted octanol–water partition coefficient (Wildman–Crippen LogP) is 3.35. The van der Waals surface area contributed by atoms with Crippen molar-refractivity contribution in [3.63, 3.8) is 0 Å². The SMILES string of the molecule is CCCNC(C1=CCCO1)c1ccc(OC)c(C)c1. The topological polar surface area (TPSA) is 30.5 Å². The van der Waals surface area contributed by atoms with Gasteiger partial charge in [-0.15, -0.1) is 0 Å². The van der Waals surface area contributed by atoms with E-state index in [4.69, 9.17) is 9.47 Å². The number of rotatable bonds is 6. The molecule has 19 heavy (non-hydrogen) atoms. The van der Waals surface area contributed by atoms with E-state index < -0.39 is 0 Å². The van der Waals surface area contributed by atoms with Gasteiger partial charge in [0.1, 0.15) is 11.5 Å². The van der Waals surface area contributed by atoms with Crippen LogP contribution in [0.15, 0.2) is 30.0 Å². The van der Waals surface area contributed by atoms with Crippen LogP contribution in [0.5, 0.6) is 5.75 Å². The molecule has 1 aromatic carbocycles. The molecule has 0 saturated heterocycles. The van der Waals surface area contributed by atoms with E-state index in [9.17, 15) is 0 Å². The van der Waals surface area contributed by atoms with Crippen LogP contribution < -0.4 is 10.1 Å². The Morgan fingerprint density at radius 2 is 2.26 bits per heavy atom. The number of hydrogen-bond acceptors (Lipinski definition) is 3. The van der Waals surface area contributed by atoms with Crippen LogP contribution in [0, 0.1) is 6.92 Å². The van der Waals surface area contributed by atoms with Gasteiger partial charge in [-0.2, -0.15) is 0 Å². The third kappa shape index (κ3) is 3.29. The van der Waals surface area contributed by atoms with Crippen molar-refractivity contribution in [2.24, 2.45) is 0 Å². The minimum absolute atomic E-state index is 0.159. The highest BCUT2D eigenvalue weighted by molar-refractivity contribution is 5.39. The lowest BCUT2D eigenvalue weighted by molar-refractivity contribution is 0.215. The molecule has 1 aromatic rings. The third-order valence-corrected chi connectivity index (χ3v) is 3.37. The van der Waals surface area contributed by atoms with Crippen LogP contribution in [0.2, 0.25) is 0 Å². The van der Waals surface area contributed by atoms with Crippen molar-refractivity contribution in [2.75, 3.05) is 20.3 Å². The molecule has 0 aliphatic carbocycles. The third-order valence-electron chi connectivity index (χ3n) is 3.37. The summed E-state index contributed by atoms with van der Waals surface area (Å²) in [5, 5.41) is 3.56. The van der Waals surface area contributed by atoms with E-state index in [1.807, 2.05) is 6.07 Å². The van der Waals surface area contributed by atoms with Gasteiger partial charge in [0.15, 0.2) is 0 Å². The lowest BCUT2D eigenvalue weighted by atomic mass is 10.0. The molecule has 104 valence electrons. The highest BCUT2D eigenvalue weighted by Gasteiger charge is 2.20. The summed E-state index contributed by atoms with van der Waals surface area (Å²) in [5.41, 5.74) is 2.39. The predicted molar refractivity (Wildman–Crippen MR) is 77.4 cm³/mol. The largest absolute Gasteiger partial charge is 0.496 e. The van der Waals surface area contributed by atoms with Crippen LogP contribution in [-0.2, 0) is 4.74 Å². The zero-order valence-electron chi connectivity index (χ0n) is 12.0. The maximum atomic E-state index is 5.73. The molecule has 0 saturated carbocycles. The standard InChI is InChI=1S/C16H23NO2/c1-4-9-17-16(15-6-5-10-19-15)13-7-8-14(18-3)12(2)11-13/h6-8,11,16-17H,4-5,9-10H2,1-3H3. The Labute approximate surface area is 115 Å². The molecular formula is C16H23NO2. The summed E-state index contributed by atoms with van der Waals surface area (Å²) in [6.45, 7) is 6.03. The lowest BCUT2D eigenvalue weighted by Gasteiger charge is -2.21. The highest BCUT2D eigenvalue weighted by atomic mass is 16.5. The number of hydrogen-bond donors (Lipinski definition) is 1. The summed E-state index contributed by atoms with van der Waals surface area (Å²) >= 11 is 0. The van der Waals surface area contributed by atoms with Gasteiger partial charge in [0.2, 0.25) is 0 Å². The molecule has 0 radical (unpaired) electrons. The summed E-state index contributed by atoms with van der Waals surface area (Å²) < 4.78 is 11.1. The Morgan fingerprint density at radius 1 is 1.42 bits per heavy atom. The Kier molecular flexibility index (Phi) is 4.86. The van der Waals surface area contributed by atoms with E-state index in [-0.39, 0.29) is 6.04 Å². The fraction of sp³-hybridized carbons (Fsp3) is 0.500. The Morgan fingerprint density at radius 3 is 2.84 bits per heavy atom. The van der Waals surface area contributed by atoms with Crippen LogP contribution >= 0.6 is 0 Å². The highest BCUT2D eigenvalue weighted by Crippen LogP contribution is 2.29. The fourth-order valence-corrected chi connectivity index (χ4v) is 2.39. The zero-order valence-corrected chi connectivity index (χ0v) is 12.0. The Bertz CT molecular complexity index is 454. The van der Waals surface area contributed by atoms with Crippen LogP contribution in [0.1, 0.15) is 36.9 Å². The van der Waals surface area contributed by atoms with E-state index in [1.54, 1.807) is 7.11 Å². The summed E-state index contributed by atoms with van der Waals surface area (Å²) in [6.07, 6.45) is 4.31. The molecule has 0 bridgehead atoms. The molecule has 1 aliphatic rings. The molecule has 1 aliphatic heterocycles. The molecule has 0 amide bonds. The van der Waals surface area contributed by atoms with Gasteiger partial charge in [-0.25, -0.2) is 0 Å². The number of aryl methyl sites for hydroxylation is 1. The van der Waals surface area contributed by atoms with Crippen LogP contribution in [0.3, 0.4) is 0 Å². The van der Waals surface area contributed by atoms with E-state index in [0.717, 1.165) is 43.1 Å². The first-order chi connectivity index (χ1) is 9.26. The molecule has 0 spiro atoms. The number of benzene rings is 1. The van der Waals surface area contributed by atoms with Gasteiger partial charge in [0.05, 0.1) is 19.8 Å². The number of methoxy groups -OCH3 is 1. The second kappa shape index (κ2) is 6.62. The van der Waals surface area contributed by atoms with E-state index in [0.29, 0.717) is 0 Å². The van der Waals surface area contributed by atoms with E-state index in [1.165, 1.54) is 5.56 Å². The normalized spacial score (nSPS) is 15.8. The monoisotopic (exact) mass is 261 g/mol. The summed E-state index contributed by atoms with van der Waals surface area (Å²) in [6, 6.07) is 6.48. The van der Waals surface area contributed by atoms with Crippen molar-refractivity contribution in [3.05, 3.63) is 41.2 Å². The molecule has 3 heteroatoms. The first kappa shape index (κ1) is 13.9. The van der Waals surface area contributed by atoms with Crippen molar-refractivity contribution in [3.8, 4) is 5.75 Å². The molecule has 2 rings (SSSR count). The second-order valence-corrected chi connectivity index (χ2v) is 4.86. The van der Waals surface area contributed by atoms with Gasteiger partial charge in [0.25, 0.3) is 0 Å². The molecule has 1 N–H and O–H groups in total. The summed E-state index contributed by atoms with van der Waals surface area (Å²) in [4.78, 5) is 0. The average molecular weight is 261 g/mol. The zero-order chi connectivity index (χ0) is 13.7. The molecule has 1 atom stereocenters. The van der Waals surface area contributed by atoms with Crippen LogP contribution in [0.25, 0.3) is 0 Å². The number of ether oxygens (including phenoxy) is 2. The quantitative estimate of drug-likeness (QED) is 0.852. The first-order valence-corrected chi connectivity index (χ1v) is 6.97. The molecule has 3 nitrogen and oxygen atoms in total. The Balaban J connectivity index is 2.24. The van der Waals surface area contributed by atoms with E-state index in [2.05, 4.69) is 37.4 Å². The van der Waals surface area contributed by atoms with Crippen molar-refractivity contribution >= 4 is 0 Å². The van der Waals surface area contributed by atoms with Gasteiger partial charge in [-0.1, -0.05) is 19.1 Å². The summed E-state index contributed by atoms with van der Waals surface area (Å²) in [5.74, 6) is 1.98. The second-order valence-electron chi connectivity index (χ2n) is 4.86. The van der Waals surface area contributed by atoms with Crippen molar-refractivity contribution in [1.29, 1.82) is 0 Å². The smallest absolute Gasteiger partial charge is 0.121 e. The lowest BCUT2D eigenvalue weighted by Crippen LogP contribution is -2.24. The first-order valence-electron chi connectivity index (χ1n) is 6.97. The van der Waals surface area contributed by atoms with Gasteiger partial charge < -0.3 is 14.8 Å². The maximum absolute atomic E-state index is 5.73. The van der Waals surface area contributed by atoms with Crippen LogP contribution in [-0.4, -0.2) is 20.3 Å². The summed E-state index contributed by atoms with van der Waals surface area (Å²) in [7, 11) is 1.71. The van der Waals surface area contributed by atoms with Gasteiger partial charge in [-0.3, -0.25) is 0 Å². The number of nitrogens with one attached hydrogen (secondary N) is 1. The van der Waals surface area contributed by atoms with E-state index >= 15 is 0 Å². The van der Waals surface area contributed by atoms with Gasteiger partial charge in [0, 0.05) is 6.42 Å².